The Morgan fingerprint density at radius 1 is 1.35 bits per heavy atom. The van der Waals surface area contributed by atoms with Crippen LogP contribution in [0.2, 0.25) is 5.15 Å². The van der Waals surface area contributed by atoms with Crippen molar-refractivity contribution in [2.24, 2.45) is 0 Å². The topological polar surface area (TPSA) is 59.9 Å². The summed E-state index contributed by atoms with van der Waals surface area (Å²) in [6.07, 6.45) is 0.913. The van der Waals surface area contributed by atoms with E-state index in [2.05, 4.69) is 16.8 Å². The van der Waals surface area contributed by atoms with E-state index in [1.165, 1.54) is 0 Å². The molecule has 1 N–H and O–H groups in total. The van der Waals surface area contributed by atoms with Crippen LogP contribution >= 0.6 is 11.6 Å². The predicted molar refractivity (Wildman–Crippen MR) is 92.2 cm³/mol. The molecule has 0 spiro atoms. The summed E-state index contributed by atoms with van der Waals surface area (Å²) in [6, 6.07) is 3.57. The first-order valence-electron chi connectivity index (χ1n) is 7.95. The van der Waals surface area contributed by atoms with Crippen molar-refractivity contribution in [1.82, 2.24) is 14.8 Å². The maximum atomic E-state index is 12.7. The van der Waals surface area contributed by atoms with Gasteiger partial charge in [0.25, 0.3) is 5.91 Å². The molecule has 1 aliphatic rings. The highest BCUT2D eigenvalue weighted by Gasteiger charge is 2.26. The van der Waals surface area contributed by atoms with Crippen LogP contribution in [-0.4, -0.2) is 78.7 Å². The third-order valence-electron chi connectivity index (χ3n) is 4.29. The zero-order valence-electron chi connectivity index (χ0n) is 14.0. The minimum atomic E-state index is -0.0194. The summed E-state index contributed by atoms with van der Waals surface area (Å²) < 4.78 is 0. The number of aromatic nitrogens is 1. The fraction of sp³-hybridized carbons (Fsp3) is 0.625. The Kier molecular flexibility index (Phi) is 6.21. The summed E-state index contributed by atoms with van der Waals surface area (Å²) in [4.78, 5) is 22.8. The molecule has 2 heterocycles. The number of anilines is 1. The SMILES string of the molecule is CCC(CO)N1CCN(C(=O)c2cc(Cl)nc(N(C)C)c2)CC1. The van der Waals surface area contributed by atoms with Crippen LogP contribution in [-0.2, 0) is 0 Å². The van der Waals surface area contributed by atoms with Gasteiger partial charge in [-0.3, -0.25) is 9.69 Å². The fourth-order valence-electron chi connectivity index (χ4n) is 2.81. The van der Waals surface area contributed by atoms with E-state index in [-0.39, 0.29) is 18.6 Å². The predicted octanol–water partition coefficient (Wildman–Crippen LogP) is 1.33. The quantitative estimate of drug-likeness (QED) is 0.819. The number of hydrogen-bond donors (Lipinski definition) is 1. The maximum absolute atomic E-state index is 12.7. The molecule has 128 valence electrons. The molecule has 0 saturated carbocycles. The Labute approximate surface area is 142 Å². The van der Waals surface area contributed by atoms with Gasteiger partial charge in [0.2, 0.25) is 0 Å². The van der Waals surface area contributed by atoms with Crippen LogP contribution < -0.4 is 4.90 Å². The molecule has 0 aromatic carbocycles. The van der Waals surface area contributed by atoms with Gasteiger partial charge in [-0.25, -0.2) is 4.98 Å². The van der Waals surface area contributed by atoms with Gasteiger partial charge in [-0.2, -0.15) is 0 Å². The highest BCUT2D eigenvalue weighted by Crippen LogP contribution is 2.19. The highest BCUT2D eigenvalue weighted by atomic mass is 35.5. The van der Waals surface area contributed by atoms with E-state index < -0.39 is 0 Å². The molecule has 1 aromatic rings. The van der Waals surface area contributed by atoms with Crippen molar-refractivity contribution in [2.75, 3.05) is 51.8 Å². The first kappa shape index (κ1) is 18.0. The smallest absolute Gasteiger partial charge is 0.254 e. The van der Waals surface area contributed by atoms with E-state index in [4.69, 9.17) is 11.6 Å². The average molecular weight is 341 g/mol. The molecule has 1 saturated heterocycles. The number of aliphatic hydroxyl groups excluding tert-OH is 1. The Morgan fingerprint density at radius 3 is 2.52 bits per heavy atom. The van der Waals surface area contributed by atoms with Crippen molar-refractivity contribution in [3.8, 4) is 0 Å². The molecular weight excluding hydrogens is 316 g/mol. The van der Waals surface area contributed by atoms with Gasteiger partial charge >= 0.3 is 0 Å². The van der Waals surface area contributed by atoms with Gasteiger partial charge in [0.05, 0.1) is 6.61 Å². The summed E-state index contributed by atoms with van der Waals surface area (Å²) in [5, 5.41) is 9.72. The summed E-state index contributed by atoms with van der Waals surface area (Å²) >= 11 is 6.03. The van der Waals surface area contributed by atoms with Gasteiger partial charge in [-0.15, -0.1) is 0 Å². The van der Waals surface area contributed by atoms with E-state index in [9.17, 15) is 9.90 Å². The largest absolute Gasteiger partial charge is 0.395 e. The molecule has 0 bridgehead atoms. The average Bonchev–Trinajstić information content (AvgIpc) is 2.55. The molecule has 1 fully saturated rings. The second-order valence-corrected chi connectivity index (χ2v) is 6.39. The third kappa shape index (κ3) is 4.34. The third-order valence-corrected chi connectivity index (χ3v) is 4.48. The van der Waals surface area contributed by atoms with Gasteiger partial charge in [0.1, 0.15) is 11.0 Å². The van der Waals surface area contributed by atoms with Crippen molar-refractivity contribution in [2.45, 2.75) is 19.4 Å². The highest BCUT2D eigenvalue weighted by molar-refractivity contribution is 6.29. The van der Waals surface area contributed by atoms with Crippen molar-refractivity contribution < 1.29 is 9.90 Å². The van der Waals surface area contributed by atoms with E-state index >= 15 is 0 Å². The standard InChI is InChI=1S/C16H25ClN4O2/c1-4-13(11-22)20-5-7-21(8-6-20)16(23)12-9-14(17)18-15(10-12)19(2)3/h9-10,13,22H,4-8,11H2,1-3H3. The minimum Gasteiger partial charge on any atom is -0.395 e. The minimum absolute atomic E-state index is 0.0194. The second-order valence-electron chi connectivity index (χ2n) is 6.00. The molecule has 1 aliphatic heterocycles. The van der Waals surface area contributed by atoms with E-state index in [1.54, 1.807) is 12.1 Å². The number of carbonyl (C=O) groups excluding carboxylic acids is 1. The Morgan fingerprint density at radius 2 is 2.00 bits per heavy atom. The number of amides is 1. The zero-order valence-corrected chi connectivity index (χ0v) is 14.8. The van der Waals surface area contributed by atoms with Gasteiger partial charge < -0.3 is 14.9 Å². The van der Waals surface area contributed by atoms with Gasteiger partial charge in [-0.05, 0) is 18.6 Å². The van der Waals surface area contributed by atoms with E-state index in [0.29, 0.717) is 29.6 Å². The number of halogens is 1. The van der Waals surface area contributed by atoms with Crippen LogP contribution in [0.1, 0.15) is 23.7 Å². The molecule has 1 amide bonds. The second kappa shape index (κ2) is 7.95. The molecular formula is C16H25ClN4O2. The van der Waals surface area contributed by atoms with Crippen molar-refractivity contribution in [1.29, 1.82) is 0 Å². The lowest BCUT2D eigenvalue weighted by Gasteiger charge is -2.38. The Bertz CT molecular complexity index is 541. The van der Waals surface area contributed by atoms with Gasteiger partial charge in [-0.1, -0.05) is 18.5 Å². The molecule has 2 rings (SSSR count). The molecule has 0 radical (unpaired) electrons. The fourth-order valence-corrected chi connectivity index (χ4v) is 3.02. The lowest BCUT2D eigenvalue weighted by molar-refractivity contribution is 0.0472. The number of pyridine rings is 1. The molecule has 6 nitrogen and oxygen atoms in total. The van der Waals surface area contributed by atoms with Crippen LogP contribution in [0.25, 0.3) is 0 Å². The molecule has 1 atom stereocenters. The van der Waals surface area contributed by atoms with Crippen LogP contribution in [0.3, 0.4) is 0 Å². The number of nitrogens with zero attached hydrogens (tertiary/aromatic N) is 4. The zero-order chi connectivity index (χ0) is 17.0. The van der Waals surface area contributed by atoms with Gasteiger partial charge in [0, 0.05) is 51.9 Å². The first-order chi connectivity index (χ1) is 11.0. The van der Waals surface area contributed by atoms with Crippen molar-refractivity contribution in [3.05, 3.63) is 22.8 Å². The van der Waals surface area contributed by atoms with Crippen molar-refractivity contribution >= 4 is 23.3 Å². The normalized spacial score (nSPS) is 17.2. The van der Waals surface area contributed by atoms with E-state index in [0.717, 1.165) is 19.5 Å². The van der Waals surface area contributed by atoms with Crippen LogP contribution in [0.4, 0.5) is 5.82 Å². The Balaban J connectivity index is 2.05. The molecule has 0 aliphatic carbocycles. The Hall–Kier alpha value is -1.37. The van der Waals surface area contributed by atoms with Crippen molar-refractivity contribution in [3.63, 3.8) is 0 Å². The molecule has 23 heavy (non-hydrogen) atoms. The molecule has 1 aromatic heterocycles. The molecule has 1 unspecified atom stereocenters. The van der Waals surface area contributed by atoms with E-state index in [1.807, 2.05) is 23.9 Å². The van der Waals surface area contributed by atoms with Crippen LogP contribution in [0, 0.1) is 0 Å². The lowest BCUT2D eigenvalue weighted by Crippen LogP contribution is -2.52. The number of aliphatic hydroxyl groups is 1. The lowest BCUT2D eigenvalue weighted by atomic mass is 10.1. The molecule has 7 heteroatoms. The summed E-state index contributed by atoms with van der Waals surface area (Å²) in [6.45, 7) is 5.12. The monoisotopic (exact) mass is 340 g/mol. The number of hydrogen-bond acceptors (Lipinski definition) is 5. The number of piperazine rings is 1. The summed E-state index contributed by atoms with van der Waals surface area (Å²) in [7, 11) is 3.73. The van der Waals surface area contributed by atoms with Crippen LogP contribution in [0.15, 0.2) is 12.1 Å². The van der Waals surface area contributed by atoms with Gasteiger partial charge in [0.15, 0.2) is 0 Å². The maximum Gasteiger partial charge on any atom is 0.254 e. The number of rotatable bonds is 5. The summed E-state index contributed by atoms with van der Waals surface area (Å²) in [5.74, 6) is 0.653. The van der Waals surface area contributed by atoms with Crippen LogP contribution in [0.5, 0.6) is 0 Å². The first-order valence-corrected chi connectivity index (χ1v) is 8.33. The summed E-state index contributed by atoms with van der Waals surface area (Å²) in [5.41, 5.74) is 0.566. The number of carbonyl (C=O) groups is 1.